The molecule has 2 heterocycles. The molecule has 1 aromatic rings. The Morgan fingerprint density at radius 2 is 1.93 bits per heavy atom. The molecule has 27 heavy (non-hydrogen) atoms. The Hall–Kier alpha value is -1.78. The Balaban J connectivity index is 2.34. The predicted molar refractivity (Wildman–Crippen MR) is 90.9 cm³/mol. The molecule has 3 unspecified atom stereocenters. The fraction of sp³-hybridized carbons (Fsp3) is 0.750. The highest BCUT2D eigenvalue weighted by molar-refractivity contribution is 7.92. The van der Waals surface area contributed by atoms with Crippen LogP contribution in [0, 0.1) is 11.3 Å². The van der Waals surface area contributed by atoms with Crippen LogP contribution in [0.25, 0.3) is 0 Å². The van der Waals surface area contributed by atoms with Gasteiger partial charge >= 0.3 is 6.09 Å². The van der Waals surface area contributed by atoms with Gasteiger partial charge in [-0.25, -0.2) is 26.4 Å². The topological polar surface area (TPSA) is 92.5 Å². The maximum absolute atomic E-state index is 15.1. The number of nitrogens with zero attached hydrogens (tertiary/aromatic N) is 3. The third-order valence-corrected chi connectivity index (χ3v) is 6.80. The van der Waals surface area contributed by atoms with Crippen LogP contribution in [0.15, 0.2) is 11.1 Å². The third kappa shape index (κ3) is 4.22. The Morgan fingerprint density at radius 1 is 1.33 bits per heavy atom. The normalized spacial score (nSPS) is 22.9. The summed E-state index contributed by atoms with van der Waals surface area (Å²) in [4.78, 5) is 11.8. The van der Waals surface area contributed by atoms with Gasteiger partial charge in [-0.05, 0) is 18.3 Å². The molecule has 1 N–H and O–H groups in total. The van der Waals surface area contributed by atoms with Crippen LogP contribution in [0.5, 0.6) is 0 Å². The highest BCUT2D eigenvalue weighted by Gasteiger charge is 2.46. The number of sulfone groups is 1. The summed E-state index contributed by atoms with van der Waals surface area (Å²) >= 11 is 0. The number of carboxylic acid groups (broad SMARTS) is 1. The van der Waals surface area contributed by atoms with E-state index in [1.54, 1.807) is 20.8 Å². The monoisotopic (exact) mass is 411 g/mol. The molecule has 0 saturated carbocycles. The van der Waals surface area contributed by atoms with E-state index in [9.17, 15) is 27.1 Å². The number of aryl methyl sites for hydroxylation is 1. The number of carbonyl (C=O) groups is 1. The van der Waals surface area contributed by atoms with Gasteiger partial charge in [0, 0.05) is 31.7 Å². The second-order valence-corrected chi connectivity index (χ2v) is 9.87. The minimum absolute atomic E-state index is 0.0104. The summed E-state index contributed by atoms with van der Waals surface area (Å²) in [6, 6.07) is -0.592. The van der Waals surface area contributed by atoms with Crippen molar-refractivity contribution in [3.63, 3.8) is 0 Å². The molecule has 0 bridgehead atoms. The molecule has 1 aliphatic rings. The van der Waals surface area contributed by atoms with Crippen molar-refractivity contribution in [3.05, 3.63) is 11.9 Å². The maximum atomic E-state index is 15.1. The number of rotatable bonds is 4. The van der Waals surface area contributed by atoms with E-state index in [0.29, 0.717) is 0 Å². The molecule has 1 fully saturated rings. The third-order valence-electron chi connectivity index (χ3n) is 4.89. The van der Waals surface area contributed by atoms with E-state index in [0.717, 1.165) is 10.9 Å². The molecule has 0 spiro atoms. The van der Waals surface area contributed by atoms with E-state index in [1.165, 1.54) is 11.9 Å². The molecule has 1 aromatic heterocycles. The van der Waals surface area contributed by atoms with Crippen molar-refractivity contribution >= 4 is 15.9 Å². The number of alkyl halides is 3. The van der Waals surface area contributed by atoms with Crippen molar-refractivity contribution in [2.24, 2.45) is 18.4 Å². The summed E-state index contributed by atoms with van der Waals surface area (Å²) < 4.78 is 67.5. The molecule has 2 rings (SSSR count). The van der Waals surface area contributed by atoms with E-state index in [-0.39, 0.29) is 19.4 Å². The standard InChI is InChI=1S/C16H24F3N3O4S/c1-16(2,3)11-7-9(5-6-22(11)15(23)24)14(19)27(25,26)10-8-21(4)20-12(10)13(17)18/h8-9,11,13-14H,5-7H2,1-4H3,(H,23,24). The van der Waals surface area contributed by atoms with Crippen LogP contribution in [0.1, 0.15) is 45.7 Å². The number of hydrogen-bond acceptors (Lipinski definition) is 4. The van der Waals surface area contributed by atoms with Crippen LogP contribution >= 0.6 is 0 Å². The van der Waals surface area contributed by atoms with E-state index in [2.05, 4.69) is 5.10 Å². The van der Waals surface area contributed by atoms with Gasteiger partial charge in [-0.15, -0.1) is 0 Å². The van der Waals surface area contributed by atoms with Crippen LogP contribution in [0.3, 0.4) is 0 Å². The molecule has 1 saturated heterocycles. The molecule has 0 aromatic carbocycles. The summed E-state index contributed by atoms with van der Waals surface area (Å²) in [5, 5.41) is 12.8. The minimum atomic E-state index is -4.70. The zero-order valence-corrected chi connectivity index (χ0v) is 16.4. The molecule has 0 aliphatic carbocycles. The minimum Gasteiger partial charge on any atom is -0.465 e. The van der Waals surface area contributed by atoms with Gasteiger partial charge in [-0.2, -0.15) is 5.10 Å². The summed E-state index contributed by atoms with van der Waals surface area (Å²) in [6.07, 6.45) is -3.46. The highest BCUT2D eigenvalue weighted by Crippen LogP contribution is 2.39. The Kier molecular flexibility index (Phi) is 5.84. The lowest BCUT2D eigenvalue weighted by Crippen LogP contribution is -2.53. The van der Waals surface area contributed by atoms with E-state index in [1.807, 2.05) is 0 Å². The Bertz CT molecular complexity index is 804. The molecule has 11 heteroatoms. The predicted octanol–water partition coefficient (Wildman–Crippen LogP) is 3.23. The SMILES string of the molecule is Cn1cc(S(=O)(=O)C(F)C2CCN(C(=O)O)C(C(C)(C)C)C2)c(C(F)F)n1. The largest absolute Gasteiger partial charge is 0.465 e. The first-order valence-corrected chi connectivity index (χ1v) is 10.0. The molecular formula is C16H24F3N3O4S. The second kappa shape index (κ2) is 7.33. The first kappa shape index (κ1) is 21.5. The molecule has 3 atom stereocenters. The van der Waals surface area contributed by atoms with Crippen molar-refractivity contribution in [1.82, 2.24) is 14.7 Å². The van der Waals surface area contributed by atoms with Gasteiger partial charge in [-0.3, -0.25) is 4.68 Å². The molecule has 1 amide bonds. The Morgan fingerprint density at radius 3 is 2.41 bits per heavy atom. The molecule has 154 valence electrons. The van der Waals surface area contributed by atoms with Gasteiger partial charge in [-0.1, -0.05) is 20.8 Å². The summed E-state index contributed by atoms with van der Waals surface area (Å²) in [5.41, 5.74) is -3.93. The average molecular weight is 411 g/mol. The van der Waals surface area contributed by atoms with E-state index >= 15 is 4.39 Å². The van der Waals surface area contributed by atoms with Gasteiger partial charge in [0.15, 0.2) is 0 Å². The molecule has 1 aliphatic heterocycles. The first-order chi connectivity index (χ1) is 12.3. The summed E-state index contributed by atoms with van der Waals surface area (Å²) in [5.74, 6) is -0.999. The lowest BCUT2D eigenvalue weighted by atomic mass is 9.77. The molecular weight excluding hydrogens is 387 g/mol. The van der Waals surface area contributed by atoms with Gasteiger partial charge in [0.2, 0.25) is 15.3 Å². The number of aromatic nitrogens is 2. The van der Waals surface area contributed by atoms with E-state index < -0.39 is 55.8 Å². The number of piperidine rings is 1. The van der Waals surface area contributed by atoms with Crippen molar-refractivity contribution < 1.29 is 31.5 Å². The Labute approximate surface area is 156 Å². The second-order valence-electron chi connectivity index (χ2n) is 7.89. The van der Waals surface area contributed by atoms with Gasteiger partial charge in [0.05, 0.1) is 0 Å². The van der Waals surface area contributed by atoms with Gasteiger partial charge in [0.25, 0.3) is 6.43 Å². The van der Waals surface area contributed by atoms with Crippen LogP contribution < -0.4 is 0 Å². The van der Waals surface area contributed by atoms with Crippen LogP contribution in [-0.2, 0) is 16.9 Å². The quantitative estimate of drug-likeness (QED) is 0.821. The smallest absolute Gasteiger partial charge is 0.407 e. The maximum Gasteiger partial charge on any atom is 0.407 e. The van der Waals surface area contributed by atoms with Crippen LogP contribution in [-0.4, -0.2) is 52.4 Å². The lowest BCUT2D eigenvalue weighted by Gasteiger charge is -2.45. The lowest BCUT2D eigenvalue weighted by molar-refractivity contribution is 0.0312. The first-order valence-electron chi connectivity index (χ1n) is 8.46. The zero-order valence-electron chi connectivity index (χ0n) is 15.6. The van der Waals surface area contributed by atoms with Gasteiger partial charge < -0.3 is 10.0 Å². The zero-order chi connectivity index (χ0) is 20.7. The van der Waals surface area contributed by atoms with Crippen LogP contribution in [0.4, 0.5) is 18.0 Å². The van der Waals surface area contributed by atoms with Crippen molar-refractivity contribution in [3.8, 4) is 0 Å². The average Bonchev–Trinajstić information content (AvgIpc) is 2.95. The van der Waals surface area contributed by atoms with Gasteiger partial charge in [0.1, 0.15) is 10.6 Å². The number of halogens is 3. The fourth-order valence-corrected chi connectivity index (χ4v) is 5.23. The van der Waals surface area contributed by atoms with E-state index in [4.69, 9.17) is 0 Å². The summed E-state index contributed by atoms with van der Waals surface area (Å²) in [6.45, 7) is 5.34. The number of likely N-dealkylation sites (tertiary alicyclic amines) is 1. The number of amides is 1. The number of hydrogen-bond donors (Lipinski definition) is 1. The molecule has 7 nitrogen and oxygen atoms in total. The fourth-order valence-electron chi connectivity index (χ4n) is 3.51. The van der Waals surface area contributed by atoms with Crippen LogP contribution in [0.2, 0.25) is 0 Å². The van der Waals surface area contributed by atoms with Crippen molar-refractivity contribution in [2.75, 3.05) is 6.54 Å². The highest BCUT2D eigenvalue weighted by atomic mass is 32.2. The summed E-state index contributed by atoms with van der Waals surface area (Å²) in [7, 11) is -3.42. The van der Waals surface area contributed by atoms with Crippen molar-refractivity contribution in [1.29, 1.82) is 0 Å². The molecule has 0 radical (unpaired) electrons. The van der Waals surface area contributed by atoms with Crippen molar-refractivity contribution in [2.45, 2.75) is 56.5 Å².